The molecule has 19 heavy (non-hydrogen) atoms. The monoisotopic (exact) mass is 269 g/mol. The number of hydrogen-bond donors (Lipinski definition) is 3. The van der Waals surface area contributed by atoms with Crippen LogP contribution in [-0.4, -0.2) is 50.2 Å². The number of benzene rings is 1. The minimum Gasteiger partial charge on any atom is -0.497 e. The zero-order chi connectivity index (χ0) is 14.1. The fourth-order valence-electron chi connectivity index (χ4n) is 1.82. The quantitative estimate of drug-likeness (QED) is 0.616. The van der Waals surface area contributed by atoms with Crippen LogP contribution >= 0.6 is 0 Å². The molecule has 0 heterocycles. The van der Waals surface area contributed by atoms with E-state index in [1.54, 1.807) is 14.2 Å². The number of aliphatic hydroxyl groups excluding tert-OH is 2. The predicted octanol–water partition coefficient (Wildman–Crippen LogP) is 0.716. The van der Waals surface area contributed by atoms with Crippen molar-refractivity contribution in [3.05, 3.63) is 29.8 Å². The maximum absolute atomic E-state index is 10.1. The topological polar surface area (TPSA) is 71.0 Å². The number of aliphatic hydroxyl groups is 2. The van der Waals surface area contributed by atoms with E-state index in [0.717, 1.165) is 11.3 Å². The second-order valence-electron chi connectivity index (χ2n) is 4.36. The average Bonchev–Trinajstić information content (AvgIpc) is 2.45. The number of hydrogen-bond acceptors (Lipinski definition) is 5. The van der Waals surface area contributed by atoms with Gasteiger partial charge in [0, 0.05) is 26.3 Å². The van der Waals surface area contributed by atoms with Crippen LogP contribution in [-0.2, 0) is 4.74 Å². The second-order valence-corrected chi connectivity index (χ2v) is 4.36. The summed E-state index contributed by atoms with van der Waals surface area (Å²) >= 11 is 0. The van der Waals surface area contributed by atoms with Crippen LogP contribution in [0, 0.1) is 0 Å². The van der Waals surface area contributed by atoms with Gasteiger partial charge in [-0.25, -0.2) is 0 Å². The van der Waals surface area contributed by atoms with E-state index >= 15 is 0 Å². The summed E-state index contributed by atoms with van der Waals surface area (Å²) in [7, 11) is 3.23. The highest BCUT2D eigenvalue weighted by Crippen LogP contribution is 2.17. The highest BCUT2D eigenvalue weighted by molar-refractivity contribution is 5.28. The Hall–Kier alpha value is -1.14. The van der Waals surface area contributed by atoms with Gasteiger partial charge < -0.3 is 25.0 Å². The minimum absolute atomic E-state index is 0.0444. The van der Waals surface area contributed by atoms with Crippen LogP contribution in [0.25, 0.3) is 0 Å². The summed E-state index contributed by atoms with van der Waals surface area (Å²) in [5.74, 6) is 0.765. The van der Waals surface area contributed by atoms with Crippen LogP contribution in [0.2, 0.25) is 0 Å². The molecular weight excluding hydrogens is 246 g/mol. The maximum Gasteiger partial charge on any atom is 0.118 e. The first-order valence-electron chi connectivity index (χ1n) is 6.36. The molecule has 0 saturated carbocycles. The summed E-state index contributed by atoms with van der Waals surface area (Å²) in [4.78, 5) is 0. The van der Waals surface area contributed by atoms with Crippen molar-refractivity contribution in [2.45, 2.75) is 18.6 Å². The zero-order valence-corrected chi connectivity index (χ0v) is 11.5. The highest BCUT2D eigenvalue weighted by Gasteiger charge is 2.12. The lowest BCUT2D eigenvalue weighted by Gasteiger charge is -2.19. The molecular formula is C14H23NO4. The Labute approximate surface area is 114 Å². The van der Waals surface area contributed by atoms with E-state index in [4.69, 9.17) is 14.6 Å². The van der Waals surface area contributed by atoms with Crippen LogP contribution in [0.15, 0.2) is 24.3 Å². The molecule has 1 aromatic rings. The van der Waals surface area contributed by atoms with E-state index in [9.17, 15) is 5.11 Å². The lowest BCUT2D eigenvalue weighted by atomic mass is 10.1. The van der Waals surface area contributed by atoms with Crippen molar-refractivity contribution in [3.8, 4) is 5.75 Å². The fraction of sp³-hybridized carbons (Fsp3) is 0.571. The smallest absolute Gasteiger partial charge is 0.118 e. The Balaban J connectivity index is 2.45. The Bertz CT molecular complexity index is 336. The van der Waals surface area contributed by atoms with Gasteiger partial charge in [0.05, 0.1) is 19.8 Å². The van der Waals surface area contributed by atoms with Crippen LogP contribution in [0.4, 0.5) is 0 Å². The van der Waals surface area contributed by atoms with Crippen molar-refractivity contribution in [1.82, 2.24) is 5.32 Å². The van der Waals surface area contributed by atoms with Crippen molar-refractivity contribution < 1.29 is 19.7 Å². The molecule has 0 spiro atoms. The SMILES string of the molecule is COCC(CCO)NCC(O)c1ccc(OC)cc1. The Morgan fingerprint density at radius 1 is 1.21 bits per heavy atom. The van der Waals surface area contributed by atoms with E-state index < -0.39 is 6.10 Å². The van der Waals surface area contributed by atoms with Crippen molar-refractivity contribution >= 4 is 0 Å². The van der Waals surface area contributed by atoms with E-state index in [2.05, 4.69) is 5.32 Å². The Kier molecular flexibility index (Phi) is 7.43. The van der Waals surface area contributed by atoms with Gasteiger partial charge in [-0.3, -0.25) is 0 Å². The van der Waals surface area contributed by atoms with E-state index in [1.807, 2.05) is 24.3 Å². The molecule has 0 aliphatic rings. The molecule has 0 amide bonds. The normalized spacial score (nSPS) is 14.1. The van der Waals surface area contributed by atoms with Crippen LogP contribution in [0.1, 0.15) is 18.1 Å². The first-order chi connectivity index (χ1) is 9.21. The largest absolute Gasteiger partial charge is 0.497 e. The lowest BCUT2D eigenvalue weighted by molar-refractivity contribution is 0.127. The molecule has 0 bridgehead atoms. The molecule has 0 aliphatic heterocycles. The number of rotatable bonds is 9. The molecule has 1 aromatic carbocycles. The summed E-state index contributed by atoms with van der Waals surface area (Å²) in [6, 6.07) is 7.35. The van der Waals surface area contributed by atoms with Gasteiger partial charge in [-0.1, -0.05) is 12.1 Å². The van der Waals surface area contributed by atoms with Gasteiger partial charge in [-0.15, -0.1) is 0 Å². The van der Waals surface area contributed by atoms with Gasteiger partial charge in [0.1, 0.15) is 5.75 Å². The predicted molar refractivity (Wildman–Crippen MR) is 73.3 cm³/mol. The van der Waals surface area contributed by atoms with Crippen LogP contribution in [0.3, 0.4) is 0 Å². The number of nitrogens with one attached hydrogen (secondary N) is 1. The third kappa shape index (κ3) is 5.57. The van der Waals surface area contributed by atoms with Gasteiger partial charge in [0.2, 0.25) is 0 Å². The summed E-state index contributed by atoms with van der Waals surface area (Å²) in [6.07, 6.45) is 0.00681. The van der Waals surface area contributed by atoms with Gasteiger partial charge in [0.15, 0.2) is 0 Å². The van der Waals surface area contributed by atoms with E-state index in [0.29, 0.717) is 19.6 Å². The van der Waals surface area contributed by atoms with E-state index in [-0.39, 0.29) is 12.6 Å². The minimum atomic E-state index is -0.594. The third-order valence-electron chi connectivity index (χ3n) is 2.95. The molecule has 0 radical (unpaired) electrons. The summed E-state index contributed by atoms with van der Waals surface area (Å²) in [6.45, 7) is 1.02. The molecule has 5 nitrogen and oxygen atoms in total. The Morgan fingerprint density at radius 2 is 1.89 bits per heavy atom. The maximum atomic E-state index is 10.1. The van der Waals surface area contributed by atoms with Crippen LogP contribution in [0.5, 0.6) is 5.75 Å². The molecule has 0 fully saturated rings. The third-order valence-corrected chi connectivity index (χ3v) is 2.95. The number of ether oxygens (including phenoxy) is 2. The molecule has 2 atom stereocenters. The van der Waals surface area contributed by atoms with Gasteiger partial charge in [-0.05, 0) is 24.1 Å². The van der Waals surface area contributed by atoms with Crippen molar-refractivity contribution in [1.29, 1.82) is 0 Å². The standard InChI is InChI=1S/C14H23NO4/c1-18-10-12(7-8-16)15-9-14(17)11-3-5-13(19-2)6-4-11/h3-6,12,14-17H,7-10H2,1-2H3. The van der Waals surface area contributed by atoms with Gasteiger partial charge in [0.25, 0.3) is 0 Å². The highest BCUT2D eigenvalue weighted by atomic mass is 16.5. The fourth-order valence-corrected chi connectivity index (χ4v) is 1.82. The number of methoxy groups -OCH3 is 2. The van der Waals surface area contributed by atoms with Crippen molar-refractivity contribution in [2.24, 2.45) is 0 Å². The lowest BCUT2D eigenvalue weighted by Crippen LogP contribution is -2.36. The van der Waals surface area contributed by atoms with Crippen molar-refractivity contribution in [2.75, 3.05) is 34.0 Å². The average molecular weight is 269 g/mol. The van der Waals surface area contributed by atoms with E-state index in [1.165, 1.54) is 0 Å². The first-order valence-corrected chi connectivity index (χ1v) is 6.36. The molecule has 3 N–H and O–H groups in total. The second kappa shape index (κ2) is 8.87. The molecule has 2 unspecified atom stereocenters. The molecule has 1 rings (SSSR count). The molecule has 0 aromatic heterocycles. The van der Waals surface area contributed by atoms with Crippen LogP contribution < -0.4 is 10.1 Å². The van der Waals surface area contributed by atoms with Gasteiger partial charge in [-0.2, -0.15) is 0 Å². The molecule has 5 heteroatoms. The summed E-state index contributed by atoms with van der Waals surface area (Å²) in [5, 5.41) is 22.2. The Morgan fingerprint density at radius 3 is 2.42 bits per heavy atom. The summed E-state index contributed by atoms with van der Waals surface area (Å²) in [5.41, 5.74) is 0.827. The molecule has 108 valence electrons. The van der Waals surface area contributed by atoms with Gasteiger partial charge >= 0.3 is 0 Å². The van der Waals surface area contributed by atoms with Crippen molar-refractivity contribution in [3.63, 3.8) is 0 Å². The summed E-state index contributed by atoms with van der Waals surface area (Å²) < 4.78 is 10.1. The zero-order valence-electron chi connectivity index (χ0n) is 11.5. The first kappa shape index (κ1) is 15.9. The molecule has 0 aliphatic carbocycles. The molecule has 0 saturated heterocycles.